The van der Waals surface area contributed by atoms with Crippen LogP contribution in [0.5, 0.6) is 11.5 Å². The van der Waals surface area contributed by atoms with Crippen molar-refractivity contribution in [3.05, 3.63) is 48.2 Å². The second-order valence-corrected chi connectivity index (χ2v) is 5.56. The average molecular weight is 405 g/mol. The van der Waals surface area contributed by atoms with E-state index in [9.17, 15) is 26.7 Å². The van der Waals surface area contributed by atoms with Gasteiger partial charge in [0.1, 0.15) is 11.6 Å². The molecule has 0 aliphatic heterocycles. The number of halogens is 5. The highest BCUT2D eigenvalue weighted by Gasteiger charge is 2.39. The van der Waals surface area contributed by atoms with E-state index in [2.05, 4.69) is 10.3 Å². The predicted molar refractivity (Wildman–Crippen MR) is 89.0 cm³/mol. The minimum Gasteiger partial charge on any atom is -0.453 e. The molecule has 152 valence electrons. The fourth-order valence-corrected chi connectivity index (χ4v) is 2.06. The van der Waals surface area contributed by atoms with Crippen LogP contribution in [0.25, 0.3) is 0 Å². The van der Waals surface area contributed by atoms with Crippen LogP contribution >= 0.6 is 0 Å². The minimum atomic E-state index is -4.85. The molecule has 6 nitrogen and oxygen atoms in total. The van der Waals surface area contributed by atoms with Crippen LogP contribution < -0.4 is 10.1 Å². The van der Waals surface area contributed by atoms with Crippen molar-refractivity contribution in [2.75, 3.05) is 18.4 Å². The molecule has 0 radical (unpaired) electrons. The summed E-state index contributed by atoms with van der Waals surface area (Å²) >= 11 is 0. The quantitative estimate of drug-likeness (QED) is 0.715. The second-order valence-electron chi connectivity index (χ2n) is 5.56. The lowest BCUT2D eigenvalue weighted by Gasteiger charge is -2.25. The monoisotopic (exact) mass is 405 g/mol. The van der Waals surface area contributed by atoms with Crippen LogP contribution in [-0.4, -0.2) is 46.4 Å². The van der Waals surface area contributed by atoms with E-state index in [-0.39, 0.29) is 23.9 Å². The summed E-state index contributed by atoms with van der Waals surface area (Å²) in [6.07, 6.45) is -6.42. The van der Waals surface area contributed by atoms with Crippen LogP contribution in [0.4, 0.5) is 32.6 Å². The molecule has 2 rings (SSSR count). The number of rotatable bonds is 6. The zero-order valence-corrected chi connectivity index (χ0v) is 14.5. The van der Waals surface area contributed by atoms with Gasteiger partial charge in [0.15, 0.2) is 17.7 Å². The maximum absolute atomic E-state index is 13.6. The Bertz CT molecular complexity index is 815. The van der Waals surface area contributed by atoms with Gasteiger partial charge in [0.2, 0.25) is 5.82 Å². The Morgan fingerprint density at radius 2 is 2.00 bits per heavy atom. The molecular formula is C17H16F5N3O3. The summed E-state index contributed by atoms with van der Waals surface area (Å²) < 4.78 is 69.2. The van der Waals surface area contributed by atoms with Crippen molar-refractivity contribution >= 4 is 11.8 Å². The van der Waals surface area contributed by atoms with Gasteiger partial charge < -0.3 is 14.7 Å². The fraction of sp³-hybridized carbons (Fsp3) is 0.294. The van der Waals surface area contributed by atoms with E-state index in [0.717, 1.165) is 17.2 Å². The standard InChI is InChI=1S/C17H16F5N3O3/c1-2-25(9-13(26)17(20,21)22)16(27)24-14-7-6-10(8-23-14)28-12-5-3-4-11(18)15(12)19/h3-8,13,26H,2,9H2,1H3,(H,23,24,27)/t13-/m1/s1. The number of ether oxygens (including phenoxy) is 1. The van der Waals surface area contributed by atoms with Gasteiger partial charge in [-0.1, -0.05) is 6.07 Å². The van der Waals surface area contributed by atoms with Crippen molar-refractivity contribution in [2.24, 2.45) is 0 Å². The number of pyridine rings is 1. The van der Waals surface area contributed by atoms with Gasteiger partial charge >= 0.3 is 12.2 Å². The van der Waals surface area contributed by atoms with E-state index < -0.39 is 36.5 Å². The van der Waals surface area contributed by atoms with Crippen LogP contribution in [0.15, 0.2) is 36.5 Å². The van der Waals surface area contributed by atoms with E-state index in [1.54, 1.807) is 0 Å². The summed E-state index contributed by atoms with van der Waals surface area (Å²) in [6, 6.07) is 5.05. The van der Waals surface area contributed by atoms with E-state index in [1.165, 1.54) is 31.2 Å². The van der Waals surface area contributed by atoms with Gasteiger partial charge in [0.05, 0.1) is 12.7 Å². The summed E-state index contributed by atoms with van der Waals surface area (Å²) in [5.41, 5.74) is 0. The van der Waals surface area contributed by atoms with Crippen LogP contribution in [0.1, 0.15) is 6.92 Å². The van der Waals surface area contributed by atoms with Crippen molar-refractivity contribution in [3.63, 3.8) is 0 Å². The summed E-state index contributed by atoms with van der Waals surface area (Å²) in [6.45, 7) is 0.422. The highest BCUT2D eigenvalue weighted by atomic mass is 19.4. The zero-order chi connectivity index (χ0) is 20.9. The molecule has 2 amide bonds. The first kappa shape index (κ1) is 21.4. The number of alkyl halides is 3. The Morgan fingerprint density at radius 3 is 2.57 bits per heavy atom. The van der Waals surface area contributed by atoms with Gasteiger partial charge in [-0.2, -0.15) is 17.6 Å². The molecule has 0 unspecified atom stereocenters. The molecule has 0 aliphatic rings. The van der Waals surface area contributed by atoms with Crippen LogP contribution in [-0.2, 0) is 0 Å². The number of amides is 2. The fourth-order valence-electron chi connectivity index (χ4n) is 2.06. The number of likely N-dealkylation sites (N-methyl/N-ethyl adjacent to an activating group) is 1. The third-order valence-electron chi connectivity index (χ3n) is 3.56. The Labute approximate surface area is 156 Å². The van der Waals surface area contributed by atoms with Gasteiger partial charge in [-0.05, 0) is 31.2 Å². The lowest BCUT2D eigenvalue weighted by atomic mass is 10.3. The molecular weight excluding hydrogens is 389 g/mol. The van der Waals surface area contributed by atoms with Crippen molar-refractivity contribution < 1.29 is 36.6 Å². The first-order chi connectivity index (χ1) is 13.1. The molecule has 2 aromatic rings. The summed E-state index contributed by atoms with van der Waals surface area (Å²) in [4.78, 5) is 16.6. The second kappa shape index (κ2) is 8.83. The smallest absolute Gasteiger partial charge is 0.416 e. The molecule has 0 saturated carbocycles. The molecule has 0 spiro atoms. The number of benzene rings is 1. The van der Waals surface area contributed by atoms with Crippen LogP contribution in [0, 0.1) is 11.6 Å². The third kappa shape index (κ3) is 5.52. The average Bonchev–Trinajstić information content (AvgIpc) is 2.64. The molecule has 1 aromatic carbocycles. The van der Waals surface area contributed by atoms with Crippen LogP contribution in [0.2, 0.25) is 0 Å². The predicted octanol–water partition coefficient (Wildman–Crippen LogP) is 3.93. The molecule has 1 heterocycles. The lowest BCUT2D eigenvalue weighted by molar-refractivity contribution is -0.206. The molecule has 28 heavy (non-hydrogen) atoms. The number of aliphatic hydroxyl groups is 1. The maximum atomic E-state index is 13.6. The summed E-state index contributed by atoms with van der Waals surface area (Å²) in [7, 11) is 0. The van der Waals surface area contributed by atoms with Gasteiger partial charge in [0.25, 0.3) is 0 Å². The number of urea groups is 1. The number of nitrogens with zero attached hydrogens (tertiary/aromatic N) is 2. The van der Waals surface area contributed by atoms with Gasteiger partial charge in [-0.3, -0.25) is 5.32 Å². The molecule has 0 fully saturated rings. The molecule has 11 heteroatoms. The minimum absolute atomic E-state index is 0.0167. The number of aromatic nitrogens is 1. The van der Waals surface area contributed by atoms with E-state index in [0.29, 0.717) is 0 Å². The zero-order valence-electron chi connectivity index (χ0n) is 14.5. The molecule has 0 bridgehead atoms. The van der Waals surface area contributed by atoms with Gasteiger partial charge in [-0.25, -0.2) is 14.2 Å². The van der Waals surface area contributed by atoms with Gasteiger partial charge in [-0.15, -0.1) is 0 Å². The summed E-state index contributed by atoms with van der Waals surface area (Å²) in [5.74, 6) is -2.60. The van der Waals surface area contributed by atoms with E-state index in [1.807, 2.05) is 0 Å². The SMILES string of the molecule is CCN(C[C@@H](O)C(F)(F)F)C(=O)Nc1ccc(Oc2cccc(F)c2F)cn1. The van der Waals surface area contributed by atoms with Crippen molar-refractivity contribution in [3.8, 4) is 11.5 Å². The lowest BCUT2D eigenvalue weighted by Crippen LogP contribution is -2.45. The third-order valence-corrected chi connectivity index (χ3v) is 3.56. The first-order valence-corrected chi connectivity index (χ1v) is 8.00. The molecule has 2 N–H and O–H groups in total. The van der Waals surface area contributed by atoms with Crippen molar-refractivity contribution in [2.45, 2.75) is 19.2 Å². The Morgan fingerprint density at radius 1 is 1.29 bits per heavy atom. The molecule has 0 saturated heterocycles. The van der Waals surface area contributed by atoms with E-state index >= 15 is 0 Å². The maximum Gasteiger partial charge on any atom is 0.416 e. The van der Waals surface area contributed by atoms with Crippen LogP contribution in [0.3, 0.4) is 0 Å². The number of aliphatic hydroxyl groups excluding tert-OH is 1. The number of hydrogen-bond donors (Lipinski definition) is 2. The highest BCUT2D eigenvalue weighted by Crippen LogP contribution is 2.26. The Balaban J connectivity index is 2.01. The molecule has 1 aromatic heterocycles. The highest BCUT2D eigenvalue weighted by molar-refractivity contribution is 5.88. The van der Waals surface area contributed by atoms with E-state index in [4.69, 9.17) is 9.84 Å². The summed E-state index contributed by atoms with van der Waals surface area (Å²) in [5, 5.41) is 11.4. The molecule has 0 aliphatic carbocycles. The van der Waals surface area contributed by atoms with Crippen molar-refractivity contribution in [1.29, 1.82) is 0 Å². The Kier molecular flexibility index (Phi) is 6.73. The number of nitrogens with one attached hydrogen (secondary N) is 1. The van der Waals surface area contributed by atoms with Crippen molar-refractivity contribution in [1.82, 2.24) is 9.88 Å². The number of hydrogen-bond acceptors (Lipinski definition) is 4. The van der Waals surface area contributed by atoms with Gasteiger partial charge in [0, 0.05) is 6.54 Å². The number of anilines is 1. The molecule has 1 atom stereocenters. The normalized spacial score (nSPS) is 12.4. The first-order valence-electron chi connectivity index (χ1n) is 8.00. The number of carbonyl (C=O) groups is 1. The Hall–Kier alpha value is -2.95. The number of carbonyl (C=O) groups excluding carboxylic acids is 1. The topological polar surface area (TPSA) is 74.7 Å². The largest absolute Gasteiger partial charge is 0.453 e.